The van der Waals surface area contributed by atoms with Gasteiger partial charge >= 0.3 is 0 Å². The molecule has 1 aliphatic carbocycles. The van der Waals surface area contributed by atoms with Gasteiger partial charge in [-0.25, -0.2) is 0 Å². The lowest BCUT2D eigenvalue weighted by Crippen LogP contribution is -2.24. The van der Waals surface area contributed by atoms with E-state index >= 15 is 0 Å². The van der Waals surface area contributed by atoms with Crippen LogP contribution < -0.4 is 11.1 Å². The SMILES string of the molecule is CNc1ccc(CN)c2c1C(=O)c1ccccc1C2=O. The van der Waals surface area contributed by atoms with E-state index in [1.807, 2.05) is 0 Å². The van der Waals surface area contributed by atoms with Crippen LogP contribution in [0.25, 0.3) is 0 Å². The molecule has 3 rings (SSSR count). The summed E-state index contributed by atoms with van der Waals surface area (Å²) in [5.74, 6) is -0.261. The number of hydrogen-bond donors (Lipinski definition) is 2. The molecule has 3 N–H and O–H groups in total. The van der Waals surface area contributed by atoms with Crippen molar-refractivity contribution < 1.29 is 9.59 Å². The average Bonchev–Trinajstić information content (AvgIpc) is 2.51. The second-order valence-electron chi connectivity index (χ2n) is 4.68. The number of rotatable bonds is 2. The third-order valence-electron chi connectivity index (χ3n) is 3.65. The van der Waals surface area contributed by atoms with Crippen LogP contribution in [0.5, 0.6) is 0 Å². The third kappa shape index (κ3) is 1.58. The summed E-state index contributed by atoms with van der Waals surface area (Å²) in [7, 11) is 1.73. The zero-order valence-corrected chi connectivity index (χ0v) is 11.1. The molecule has 0 saturated heterocycles. The van der Waals surface area contributed by atoms with Crippen LogP contribution in [0, 0.1) is 0 Å². The second kappa shape index (κ2) is 4.58. The van der Waals surface area contributed by atoms with E-state index in [0.29, 0.717) is 33.5 Å². The van der Waals surface area contributed by atoms with Crippen LogP contribution in [0.2, 0.25) is 0 Å². The minimum Gasteiger partial charge on any atom is -0.388 e. The molecule has 1 aliphatic rings. The van der Waals surface area contributed by atoms with Crippen molar-refractivity contribution in [3.63, 3.8) is 0 Å². The fourth-order valence-corrected chi connectivity index (χ4v) is 2.67. The molecule has 0 fully saturated rings. The van der Waals surface area contributed by atoms with Crippen molar-refractivity contribution >= 4 is 17.3 Å². The Bertz CT molecular complexity index is 673. The number of benzene rings is 2. The summed E-state index contributed by atoms with van der Waals surface area (Å²) < 4.78 is 0. The number of hydrogen-bond acceptors (Lipinski definition) is 4. The Kier molecular flexibility index (Phi) is 2.88. The molecule has 0 amide bonds. The Morgan fingerprint density at radius 2 is 1.55 bits per heavy atom. The van der Waals surface area contributed by atoms with Crippen molar-refractivity contribution in [3.8, 4) is 0 Å². The largest absolute Gasteiger partial charge is 0.388 e. The van der Waals surface area contributed by atoms with E-state index in [1.54, 1.807) is 43.4 Å². The molecule has 0 aromatic heterocycles. The number of anilines is 1. The number of ketones is 2. The minimum atomic E-state index is -0.132. The fraction of sp³-hybridized carbons (Fsp3) is 0.125. The number of carbonyl (C=O) groups excluding carboxylic acids is 2. The van der Waals surface area contributed by atoms with Gasteiger partial charge in [-0.05, 0) is 11.6 Å². The van der Waals surface area contributed by atoms with Crippen LogP contribution in [0.4, 0.5) is 5.69 Å². The topological polar surface area (TPSA) is 72.2 Å². The van der Waals surface area contributed by atoms with E-state index in [9.17, 15) is 9.59 Å². The maximum atomic E-state index is 12.7. The molecule has 4 heteroatoms. The van der Waals surface area contributed by atoms with E-state index < -0.39 is 0 Å². The molecule has 100 valence electrons. The van der Waals surface area contributed by atoms with Crippen LogP contribution in [0.15, 0.2) is 36.4 Å². The van der Waals surface area contributed by atoms with Crippen LogP contribution >= 0.6 is 0 Å². The highest BCUT2D eigenvalue weighted by Gasteiger charge is 2.32. The molecule has 2 aromatic carbocycles. The molecule has 4 nitrogen and oxygen atoms in total. The molecule has 0 bridgehead atoms. The number of nitrogens with two attached hydrogens (primary N) is 1. The van der Waals surface area contributed by atoms with Gasteiger partial charge in [0, 0.05) is 36.0 Å². The van der Waals surface area contributed by atoms with Gasteiger partial charge in [0.05, 0.1) is 5.56 Å². The molecular weight excluding hydrogens is 252 g/mol. The zero-order valence-electron chi connectivity index (χ0n) is 11.1. The minimum absolute atomic E-state index is 0.130. The third-order valence-corrected chi connectivity index (χ3v) is 3.65. The lowest BCUT2D eigenvalue weighted by Gasteiger charge is -2.22. The first-order chi connectivity index (χ1) is 9.69. The maximum Gasteiger partial charge on any atom is 0.196 e. The van der Waals surface area contributed by atoms with Crippen molar-refractivity contribution in [2.75, 3.05) is 12.4 Å². The summed E-state index contributed by atoms with van der Waals surface area (Å²) in [5, 5.41) is 2.97. The molecule has 2 aromatic rings. The highest BCUT2D eigenvalue weighted by Crippen LogP contribution is 2.33. The highest BCUT2D eigenvalue weighted by atomic mass is 16.1. The van der Waals surface area contributed by atoms with Gasteiger partial charge < -0.3 is 11.1 Å². The Morgan fingerprint density at radius 3 is 2.10 bits per heavy atom. The van der Waals surface area contributed by atoms with Crippen molar-refractivity contribution in [3.05, 3.63) is 64.2 Å². The van der Waals surface area contributed by atoms with Gasteiger partial charge in [-0.2, -0.15) is 0 Å². The first-order valence-electron chi connectivity index (χ1n) is 6.41. The van der Waals surface area contributed by atoms with Crippen molar-refractivity contribution in [2.24, 2.45) is 5.73 Å². The molecule has 0 atom stereocenters. The van der Waals surface area contributed by atoms with E-state index in [2.05, 4.69) is 5.32 Å². The summed E-state index contributed by atoms with van der Waals surface area (Å²) in [5.41, 5.74) is 8.84. The molecule has 0 aliphatic heterocycles. The standard InChI is InChI=1S/C16H14N2O2/c1-18-12-7-6-9(8-17)13-14(12)16(20)11-5-3-2-4-10(11)15(13)19/h2-7,18H,8,17H2,1H3. The van der Waals surface area contributed by atoms with Crippen molar-refractivity contribution in [2.45, 2.75) is 6.54 Å². The van der Waals surface area contributed by atoms with E-state index in [1.165, 1.54) is 0 Å². The van der Waals surface area contributed by atoms with Crippen LogP contribution in [0.3, 0.4) is 0 Å². The summed E-state index contributed by atoms with van der Waals surface area (Å²) in [4.78, 5) is 25.3. The summed E-state index contributed by atoms with van der Waals surface area (Å²) in [6.45, 7) is 0.230. The molecule has 0 heterocycles. The smallest absolute Gasteiger partial charge is 0.196 e. The quantitative estimate of drug-likeness (QED) is 0.743. The molecule has 20 heavy (non-hydrogen) atoms. The lowest BCUT2D eigenvalue weighted by molar-refractivity contribution is 0.0979. The summed E-state index contributed by atoms with van der Waals surface area (Å²) >= 11 is 0. The van der Waals surface area contributed by atoms with Crippen LogP contribution in [-0.4, -0.2) is 18.6 Å². The van der Waals surface area contributed by atoms with Gasteiger partial charge in [0.1, 0.15) is 0 Å². The highest BCUT2D eigenvalue weighted by molar-refractivity contribution is 6.30. The predicted octanol–water partition coefficient (Wildman–Crippen LogP) is 1.96. The molecular formula is C16H14N2O2. The van der Waals surface area contributed by atoms with E-state index in [0.717, 1.165) is 0 Å². The van der Waals surface area contributed by atoms with E-state index in [4.69, 9.17) is 5.73 Å². The Balaban J connectivity index is 2.37. The van der Waals surface area contributed by atoms with Crippen molar-refractivity contribution in [1.82, 2.24) is 0 Å². The molecule has 0 saturated carbocycles. The maximum absolute atomic E-state index is 12.7. The summed E-state index contributed by atoms with van der Waals surface area (Å²) in [6.07, 6.45) is 0. The summed E-state index contributed by atoms with van der Waals surface area (Å²) in [6, 6.07) is 10.5. The first kappa shape index (κ1) is 12.6. The van der Waals surface area contributed by atoms with Gasteiger partial charge in [-0.15, -0.1) is 0 Å². The lowest BCUT2D eigenvalue weighted by atomic mass is 9.81. The van der Waals surface area contributed by atoms with Gasteiger partial charge in [0.15, 0.2) is 11.6 Å². The van der Waals surface area contributed by atoms with Crippen LogP contribution in [-0.2, 0) is 6.54 Å². The van der Waals surface area contributed by atoms with Gasteiger partial charge in [-0.3, -0.25) is 9.59 Å². The number of nitrogens with one attached hydrogen (secondary N) is 1. The average molecular weight is 266 g/mol. The normalized spacial score (nSPS) is 12.9. The number of carbonyl (C=O) groups is 2. The second-order valence-corrected chi connectivity index (χ2v) is 4.68. The monoisotopic (exact) mass is 266 g/mol. The van der Waals surface area contributed by atoms with Gasteiger partial charge in [0.2, 0.25) is 0 Å². The Morgan fingerprint density at radius 1 is 0.950 bits per heavy atom. The number of fused-ring (bicyclic) bond motifs is 2. The molecule has 0 radical (unpaired) electrons. The van der Waals surface area contributed by atoms with Crippen LogP contribution in [0.1, 0.15) is 37.4 Å². The van der Waals surface area contributed by atoms with Gasteiger partial charge in [0.25, 0.3) is 0 Å². The van der Waals surface area contributed by atoms with Gasteiger partial charge in [-0.1, -0.05) is 30.3 Å². The van der Waals surface area contributed by atoms with E-state index in [-0.39, 0.29) is 18.1 Å². The Hall–Kier alpha value is -2.46. The Labute approximate surface area is 116 Å². The predicted molar refractivity (Wildman–Crippen MR) is 77.2 cm³/mol. The zero-order chi connectivity index (χ0) is 14.3. The molecule has 0 spiro atoms. The van der Waals surface area contributed by atoms with Crippen molar-refractivity contribution in [1.29, 1.82) is 0 Å². The fourth-order valence-electron chi connectivity index (χ4n) is 2.67. The molecule has 0 unspecified atom stereocenters. The first-order valence-corrected chi connectivity index (χ1v) is 6.41.